The Labute approximate surface area is 138 Å². The van der Waals surface area contributed by atoms with Gasteiger partial charge in [0.05, 0.1) is 4.90 Å². The Balaban J connectivity index is 2.12. The summed E-state index contributed by atoms with van der Waals surface area (Å²) < 4.78 is 25.5. The average Bonchev–Trinajstić information content (AvgIpc) is 2.47. The van der Waals surface area contributed by atoms with Crippen molar-refractivity contribution in [2.24, 2.45) is 5.92 Å². The molecule has 0 aromatic heterocycles. The fourth-order valence-corrected chi connectivity index (χ4v) is 3.75. The number of anilines is 1. The summed E-state index contributed by atoms with van der Waals surface area (Å²) in [5.41, 5.74) is 0.700. The van der Waals surface area contributed by atoms with Crippen LogP contribution >= 0.6 is 12.2 Å². The lowest BCUT2D eigenvalue weighted by Gasteiger charge is -2.33. The van der Waals surface area contributed by atoms with Crippen LogP contribution in [0.25, 0.3) is 0 Å². The molecular weight excluding hydrogens is 318 g/mol. The molecule has 1 aliphatic heterocycles. The summed E-state index contributed by atoms with van der Waals surface area (Å²) in [6, 6.07) is 6.76. The molecule has 22 heavy (non-hydrogen) atoms. The molecule has 2 rings (SSSR count). The smallest absolute Gasteiger partial charge is 0.242 e. The van der Waals surface area contributed by atoms with Crippen LogP contribution in [-0.2, 0) is 10.0 Å². The summed E-state index contributed by atoms with van der Waals surface area (Å²) >= 11 is 5.45. The van der Waals surface area contributed by atoms with Gasteiger partial charge in [-0.05, 0) is 49.2 Å². The van der Waals surface area contributed by atoms with Crippen molar-refractivity contribution in [2.75, 3.05) is 32.5 Å². The van der Waals surface area contributed by atoms with Gasteiger partial charge in [-0.1, -0.05) is 13.0 Å². The molecule has 0 aliphatic carbocycles. The van der Waals surface area contributed by atoms with Crippen LogP contribution in [-0.4, -0.2) is 49.9 Å². The molecule has 0 radical (unpaired) electrons. The maximum Gasteiger partial charge on any atom is 0.242 e. The van der Waals surface area contributed by atoms with Crippen molar-refractivity contribution in [1.82, 2.24) is 9.21 Å². The van der Waals surface area contributed by atoms with Crippen LogP contribution in [0.5, 0.6) is 0 Å². The van der Waals surface area contributed by atoms with Gasteiger partial charge in [0, 0.05) is 32.9 Å². The zero-order chi connectivity index (χ0) is 16.3. The van der Waals surface area contributed by atoms with Crippen LogP contribution in [0.1, 0.15) is 19.8 Å². The highest BCUT2D eigenvalue weighted by Crippen LogP contribution is 2.20. The molecule has 1 aromatic rings. The minimum absolute atomic E-state index is 0.261. The van der Waals surface area contributed by atoms with Crippen LogP contribution in [0, 0.1) is 5.92 Å². The maximum absolute atomic E-state index is 12.2. The van der Waals surface area contributed by atoms with Gasteiger partial charge >= 0.3 is 0 Å². The van der Waals surface area contributed by atoms with E-state index in [4.69, 9.17) is 12.2 Å². The number of rotatable bonds is 3. The predicted molar refractivity (Wildman–Crippen MR) is 93.5 cm³/mol. The number of nitrogens with zero attached hydrogens (tertiary/aromatic N) is 2. The van der Waals surface area contributed by atoms with E-state index in [0.717, 1.165) is 19.5 Å². The molecule has 1 N–H and O–H groups in total. The molecule has 1 aliphatic rings. The molecule has 5 nitrogen and oxygen atoms in total. The number of likely N-dealkylation sites (tertiary alicyclic amines) is 1. The fraction of sp³-hybridized carbons (Fsp3) is 0.533. The predicted octanol–water partition coefficient (Wildman–Crippen LogP) is 2.37. The topological polar surface area (TPSA) is 52.7 Å². The summed E-state index contributed by atoms with van der Waals surface area (Å²) in [4.78, 5) is 2.41. The van der Waals surface area contributed by atoms with Crippen molar-refractivity contribution in [2.45, 2.75) is 24.7 Å². The fourth-order valence-electron chi connectivity index (χ4n) is 2.52. The number of benzene rings is 1. The van der Waals surface area contributed by atoms with Crippen LogP contribution < -0.4 is 5.32 Å². The molecule has 1 aromatic carbocycles. The van der Waals surface area contributed by atoms with E-state index in [9.17, 15) is 8.42 Å². The molecular formula is C15H23N3O2S2. The minimum atomic E-state index is -3.43. The second-order valence-corrected chi connectivity index (χ2v) is 8.48. The van der Waals surface area contributed by atoms with Crippen LogP contribution in [0.3, 0.4) is 0 Å². The first-order chi connectivity index (χ1) is 10.3. The van der Waals surface area contributed by atoms with Crippen molar-refractivity contribution in [3.05, 3.63) is 24.3 Å². The van der Waals surface area contributed by atoms with E-state index in [1.54, 1.807) is 18.2 Å². The standard InChI is InChI=1S/C15H23N3O2S2/c1-12-6-5-9-18(11-12)15(21)16-13-7-4-8-14(10-13)22(19,20)17(2)3/h4,7-8,10,12H,5-6,9,11H2,1-3H3,(H,16,21)/t12-/m1/s1. The van der Waals surface area contributed by atoms with Gasteiger partial charge in [-0.15, -0.1) is 0 Å². The first-order valence-electron chi connectivity index (χ1n) is 7.39. The largest absolute Gasteiger partial charge is 0.349 e. The van der Waals surface area contributed by atoms with Gasteiger partial charge in [0.1, 0.15) is 0 Å². The van der Waals surface area contributed by atoms with Gasteiger partial charge in [-0.2, -0.15) is 0 Å². The second-order valence-electron chi connectivity index (χ2n) is 5.94. The van der Waals surface area contributed by atoms with Crippen molar-refractivity contribution in [3.8, 4) is 0 Å². The van der Waals surface area contributed by atoms with Gasteiger partial charge in [-0.25, -0.2) is 12.7 Å². The van der Waals surface area contributed by atoms with Crippen molar-refractivity contribution in [1.29, 1.82) is 0 Å². The Morgan fingerprint density at radius 1 is 1.41 bits per heavy atom. The van der Waals surface area contributed by atoms with Crippen molar-refractivity contribution < 1.29 is 8.42 Å². The Hall–Kier alpha value is -1.18. The average molecular weight is 342 g/mol. The molecule has 1 fully saturated rings. The third-order valence-electron chi connectivity index (χ3n) is 3.81. The molecule has 0 bridgehead atoms. The number of sulfonamides is 1. The third-order valence-corrected chi connectivity index (χ3v) is 5.98. The van der Waals surface area contributed by atoms with E-state index in [2.05, 4.69) is 17.1 Å². The van der Waals surface area contributed by atoms with Gasteiger partial charge in [0.15, 0.2) is 5.11 Å². The summed E-state index contributed by atoms with van der Waals surface area (Å²) in [5.74, 6) is 0.633. The summed E-state index contributed by atoms with van der Waals surface area (Å²) in [5, 5.41) is 3.82. The maximum atomic E-state index is 12.2. The Morgan fingerprint density at radius 3 is 2.77 bits per heavy atom. The number of piperidine rings is 1. The molecule has 0 unspecified atom stereocenters. The number of nitrogens with one attached hydrogen (secondary N) is 1. The van der Waals surface area contributed by atoms with Crippen LogP contribution in [0.15, 0.2) is 29.2 Å². The van der Waals surface area contributed by atoms with Crippen molar-refractivity contribution >= 4 is 33.0 Å². The SMILES string of the molecule is C[C@@H]1CCCN(C(=S)Nc2cccc(S(=O)(=O)N(C)C)c2)C1. The molecule has 1 saturated heterocycles. The van der Waals surface area contributed by atoms with Gasteiger partial charge in [0.2, 0.25) is 10.0 Å². The first-order valence-corrected chi connectivity index (χ1v) is 9.24. The molecule has 0 amide bonds. The number of hydrogen-bond donors (Lipinski definition) is 1. The lowest BCUT2D eigenvalue weighted by molar-refractivity contribution is 0.276. The Kier molecular flexibility index (Phi) is 5.41. The van der Waals surface area contributed by atoms with Gasteiger partial charge in [0.25, 0.3) is 0 Å². The van der Waals surface area contributed by atoms with E-state index in [1.807, 2.05) is 6.07 Å². The zero-order valence-electron chi connectivity index (χ0n) is 13.2. The van der Waals surface area contributed by atoms with Gasteiger partial charge in [-0.3, -0.25) is 0 Å². The summed E-state index contributed by atoms with van der Waals surface area (Å²) in [6.45, 7) is 4.12. The van der Waals surface area contributed by atoms with E-state index in [-0.39, 0.29) is 4.90 Å². The van der Waals surface area contributed by atoms with Gasteiger partial charge < -0.3 is 10.2 Å². The molecule has 122 valence electrons. The van der Waals surface area contributed by atoms with E-state index >= 15 is 0 Å². The molecule has 0 saturated carbocycles. The quantitative estimate of drug-likeness (QED) is 0.856. The highest BCUT2D eigenvalue weighted by molar-refractivity contribution is 7.89. The number of thiocarbonyl (C=S) groups is 1. The second kappa shape index (κ2) is 6.93. The van der Waals surface area contributed by atoms with E-state index in [1.165, 1.54) is 24.8 Å². The third kappa shape index (κ3) is 3.97. The number of hydrogen-bond acceptors (Lipinski definition) is 3. The summed E-state index contributed by atoms with van der Waals surface area (Å²) in [6.07, 6.45) is 2.37. The van der Waals surface area contributed by atoms with E-state index < -0.39 is 10.0 Å². The molecule has 7 heteroatoms. The lowest BCUT2D eigenvalue weighted by atomic mass is 10.0. The Bertz CT molecular complexity index is 644. The Morgan fingerprint density at radius 2 is 2.14 bits per heavy atom. The monoisotopic (exact) mass is 341 g/mol. The molecule has 1 atom stereocenters. The van der Waals surface area contributed by atoms with E-state index in [0.29, 0.717) is 16.7 Å². The lowest BCUT2D eigenvalue weighted by Crippen LogP contribution is -2.41. The minimum Gasteiger partial charge on any atom is -0.349 e. The van der Waals surface area contributed by atoms with Crippen LogP contribution in [0.4, 0.5) is 5.69 Å². The molecule has 0 spiro atoms. The molecule has 1 heterocycles. The first kappa shape index (κ1) is 17.2. The highest BCUT2D eigenvalue weighted by Gasteiger charge is 2.20. The van der Waals surface area contributed by atoms with Crippen LogP contribution in [0.2, 0.25) is 0 Å². The summed E-state index contributed by atoms with van der Waals surface area (Å²) in [7, 11) is -0.386. The normalized spacial score (nSPS) is 19.3. The van der Waals surface area contributed by atoms with Crippen molar-refractivity contribution in [3.63, 3.8) is 0 Å². The zero-order valence-corrected chi connectivity index (χ0v) is 14.9. The highest BCUT2D eigenvalue weighted by atomic mass is 32.2.